The highest BCUT2D eigenvalue weighted by Crippen LogP contribution is 2.23. The molecule has 0 fully saturated rings. The zero-order valence-electron chi connectivity index (χ0n) is 15.6. The van der Waals surface area contributed by atoms with Gasteiger partial charge in [0.15, 0.2) is 0 Å². The Hall–Kier alpha value is -2.48. The van der Waals surface area contributed by atoms with Gasteiger partial charge in [-0.3, -0.25) is 4.79 Å². The van der Waals surface area contributed by atoms with Crippen molar-refractivity contribution in [2.75, 3.05) is 0 Å². The van der Waals surface area contributed by atoms with E-state index in [4.69, 9.17) is 0 Å². The number of benzene rings is 2. The number of thiophene rings is 1. The summed E-state index contributed by atoms with van der Waals surface area (Å²) >= 11 is 1.11. The van der Waals surface area contributed by atoms with Crippen molar-refractivity contribution in [2.24, 2.45) is 0 Å². The van der Waals surface area contributed by atoms with Crippen molar-refractivity contribution >= 4 is 27.3 Å². The summed E-state index contributed by atoms with van der Waals surface area (Å²) < 4.78 is 27.4. The minimum atomic E-state index is -3.72. The van der Waals surface area contributed by atoms with Crippen molar-refractivity contribution in [2.45, 2.75) is 30.1 Å². The smallest absolute Gasteiger partial charge is 0.250 e. The van der Waals surface area contributed by atoms with Crippen LogP contribution in [0.3, 0.4) is 0 Å². The predicted octanol–water partition coefficient (Wildman–Crippen LogP) is 3.63. The third-order valence-corrected chi connectivity index (χ3v) is 7.25. The number of nitrogens with one attached hydrogen (secondary N) is 2. The van der Waals surface area contributed by atoms with E-state index in [-0.39, 0.29) is 10.3 Å². The summed E-state index contributed by atoms with van der Waals surface area (Å²) in [6, 6.07) is 19.4. The Morgan fingerprint density at radius 3 is 2.18 bits per heavy atom. The molecular formula is C21H22N2O3S2. The first kappa shape index (κ1) is 20.3. The largest absolute Gasteiger partial charge is 0.344 e. The minimum absolute atomic E-state index is 0.185. The molecule has 7 heteroatoms. The lowest BCUT2D eigenvalue weighted by molar-refractivity contribution is -0.122. The van der Waals surface area contributed by atoms with Gasteiger partial charge in [0.25, 0.3) is 10.0 Å². The molecule has 0 aliphatic carbocycles. The summed E-state index contributed by atoms with van der Waals surface area (Å²) in [6.07, 6.45) is 0. The number of carbonyl (C=O) groups excluding carboxylic acids is 1. The van der Waals surface area contributed by atoms with Gasteiger partial charge in [0.05, 0.1) is 12.1 Å². The van der Waals surface area contributed by atoms with Gasteiger partial charge in [-0.15, -0.1) is 11.3 Å². The molecule has 0 saturated carbocycles. The maximum absolute atomic E-state index is 12.8. The summed E-state index contributed by atoms with van der Waals surface area (Å²) in [5.41, 5.74) is 2.98. The molecule has 0 spiro atoms. The van der Waals surface area contributed by atoms with Crippen molar-refractivity contribution < 1.29 is 13.2 Å². The number of aryl methyl sites for hydroxylation is 1. The molecule has 0 saturated heterocycles. The molecule has 1 heterocycles. The normalized spacial score (nSPS) is 13.6. The van der Waals surface area contributed by atoms with Crippen LogP contribution in [0.25, 0.3) is 0 Å². The summed E-state index contributed by atoms with van der Waals surface area (Å²) in [6.45, 7) is 3.54. The predicted molar refractivity (Wildman–Crippen MR) is 112 cm³/mol. The van der Waals surface area contributed by atoms with E-state index >= 15 is 0 Å². The summed E-state index contributed by atoms with van der Waals surface area (Å²) in [7, 11) is -3.72. The topological polar surface area (TPSA) is 75.3 Å². The standard InChI is InChI=1S/C21H22N2O3S2/c1-15-10-12-18(13-11-15)20(17-7-4-3-5-8-17)22-21(24)16(2)23-28(25,26)19-9-6-14-27-19/h3-14,16,20,23H,1-2H3,(H,22,24). The highest BCUT2D eigenvalue weighted by Gasteiger charge is 2.25. The summed E-state index contributed by atoms with van der Waals surface area (Å²) in [5, 5.41) is 4.66. The molecule has 5 nitrogen and oxygen atoms in total. The van der Waals surface area contributed by atoms with E-state index < -0.39 is 22.0 Å². The van der Waals surface area contributed by atoms with Gasteiger partial charge in [-0.1, -0.05) is 66.2 Å². The molecule has 2 atom stereocenters. The van der Waals surface area contributed by atoms with Crippen molar-refractivity contribution in [3.63, 3.8) is 0 Å². The number of carbonyl (C=O) groups is 1. The van der Waals surface area contributed by atoms with Gasteiger partial charge in [0.2, 0.25) is 5.91 Å². The Labute approximate surface area is 169 Å². The lowest BCUT2D eigenvalue weighted by Crippen LogP contribution is -2.45. The molecule has 0 aliphatic rings. The second-order valence-electron chi connectivity index (χ2n) is 6.54. The number of sulfonamides is 1. The van der Waals surface area contributed by atoms with Crippen molar-refractivity contribution in [1.82, 2.24) is 10.0 Å². The molecule has 0 radical (unpaired) electrons. The van der Waals surface area contributed by atoms with E-state index in [9.17, 15) is 13.2 Å². The van der Waals surface area contributed by atoms with E-state index in [2.05, 4.69) is 10.0 Å². The molecule has 3 rings (SSSR count). The first-order valence-corrected chi connectivity index (χ1v) is 11.2. The Morgan fingerprint density at radius 1 is 0.929 bits per heavy atom. The average molecular weight is 415 g/mol. The lowest BCUT2D eigenvalue weighted by Gasteiger charge is -2.22. The fourth-order valence-electron chi connectivity index (χ4n) is 2.79. The Balaban J connectivity index is 1.80. The monoisotopic (exact) mass is 414 g/mol. The van der Waals surface area contributed by atoms with Gasteiger partial charge >= 0.3 is 0 Å². The van der Waals surface area contributed by atoms with Gasteiger partial charge in [0.1, 0.15) is 4.21 Å². The number of hydrogen-bond donors (Lipinski definition) is 2. The van der Waals surface area contributed by atoms with Crippen LogP contribution in [0, 0.1) is 6.92 Å². The van der Waals surface area contributed by atoms with E-state index in [0.717, 1.165) is 28.0 Å². The number of rotatable bonds is 7. The second kappa shape index (κ2) is 8.68. The number of hydrogen-bond acceptors (Lipinski definition) is 4. The van der Waals surface area contributed by atoms with Crippen LogP contribution in [0.4, 0.5) is 0 Å². The van der Waals surface area contributed by atoms with E-state index in [1.165, 1.54) is 13.0 Å². The molecule has 2 aromatic carbocycles. The third kappa shape index (κ3) is 4.86. The SMILES string of the molecule is Cc1ccc(C(NC(=O)C(C)NS(=O)(=O)c2cccs2)c2ccccc2)cc1. The van der Waals surface area contributed by atoms with Gasteiger partial charge in [-0.05, 0) is 36.4 Å². The molecular weight excluding hydrogens is 392 g/mol. The molecule has 2 N–H and O–H groups in total. The van der Waals surface area contributed by atoms with Crippen LogP contribution < -0.4 is 10.0 Å². The Morgan fingerprint density at radius 2 is 1.57 bits per heavy atom. The average Bonchev–Trinajstić information content (AvgIpc) is 3.23. The molecule has 0 aliphatic heterocycles. The second-order valence-corrected chi connectivity index (χ2v) is 9.43. The number of amides is 1. The van der Waals surface area contributed by atoms with Crippen LogP contribution in [0.15, 0.2) is 76.3 Å². The van der Waals surface area contributed by atoms with Crippen LogP contribution in [0.2, 0.25) is 0 Å². The lowest BCUT2D eigenvalue weighted by atomic mass is 9.97. The fourth-order valence-corrected chi connectivity index (χ4v) is 5.00. The van der Waals surface area contributed by atoms with Gasteiger partial charge in [0, 0.05) is 0 Å². The Bertz CT molecular complexity index is 1020. The maximum atomic E-state index is 12.8. The molecule has 3 aromatic rings. The van der Waals surface area contributed by atoms with Gasteiger partial charge in [-0.25, -0.2) is 8.42 Å². The van der Waals surface area contributed by atoms with Crippen molar-refractivity contribution in [3.8, 4) is 0 Å². The molecule has 1 aromatic heterocycles. The Kier molecular flexibility index (Phi) is 6.28. The van der Waals surface area contributed by atoms with Crippen LogP contribution >= 0.6 is 11.3 Å². The minimum Gasteiger partial charge on any atom is -0.344 e. The quantitative estimate of drug-likeness (QED) is 0.620. The first-order valence-electron chi connectivity index (χ1n) is 8.84. The highest BCUT2D eigenvalue weighted by atomic mass is 32.2. The third-order valence-electron chi connectivity index (χ3n) is 4.32. The molecule has 28 heavy (non-hydrogen) atoms. The zero-order chi connectivity index (χ0) is 20.1. The first-order chi connectivity index (χ1) is 13.4. The van der Waals surface area contributed by atoms with Crippen LogP contribution in [0.1, 0.15) is 29.7 Å². The highest BCUT2D eigenvalue weighted by molar-refractivity contribution is 7.91. The molecule has 1 amide bonds. The van der Waals surface area contributed by atoms with Gasteiger partial charge in [-0.2, -0.15) is 4.72 Å². The van der Waals surface area contributed by atoms with E-state index in [0.29, 0.717) is 0 Å². The van der Waals surface area contributed by atoms with Crippen molar-refractivity contribution in [3.05, 3.63) is 88.8 Å². The van der Waals surface area contributed by atoms with Crippen LogP contribution in [0.5, 0.6) is 0 Å². The maximum Gasteiger partial charge on any atom is 0.250 e. The summed E-state index contributed by atoms with van der Waals surface area (Å²) in [4.78, 5) is 12.8. The fraction of sp³-hybridized carbons (Fsp3) is 0.190. The molecule has 2 unspecified atom stereocenters. The molecule has 146 valence electrons. The van der Waals surface area contributed by atoms with Crippen molar-refractivity contribution in [1.29, 1.82) is 0 Å². The zero-order valence-corrected chi connectivity index (χ0v) is 17.3. The molecule has 0 bridgehead atoms. The van der Waals surface area contributed by atoms with Crippen LogP contribution in [-0.2, 0) is 14.8 Å². The van der Waals surface area contributed by atoms with E-state index in [1.54, 1.807) is 11.4 Å². The van der Waals surface area contributed by atoms with E-state index in [1.807, 2.05) is 61.5 Å². The van der Waals surface area contributed by atoms with Crippen LogP contribution in [-0.4, -0.2) is 20.4 Å². The van der Waals surface area contributed by atoms with Gasteiger partial charge < -0.3 is 5.32 Å². The summed E-state index contributed by atoms with van der Waals surface area (Å²) in [5.74, 6) is -0.394.